The minimum Gasteiger partial charge on any atom is -0.494 e. The average Bonchev–Trinajstić information content (AvgIpc) is 2.49. The molecule has 1 aromatic rings. The lowest BCUT2D eigenvalue weighted by Gasteiger charge is -2.40. The first kappa shape index (κ1) is 17.0. The molecule has 1 N–H and O–H groups in total. The van der Waals surface area contributed by atoms with Gasteiger partial charge in [0.15, 0.2) is 0 Å². The standard InChI is InChI=1S/C17H29NO2/c1-6-17(7-2,20-9-4)16(18-5)14-12-10-11-13-15(14)19-8-3/h10-13,16,18H,6-9H2,1-5H3. The average molecular weight is 279 g/mol. The van der Waals surface area contributed by atoms with Gasteiger partial charge in [-0.1, -0.05) is 32.0 Å². The van der Waals surface area contributed by atoms with E-state index in [0.717, 1.165) is 25.2 Å². The van der Waals surface area contributed by atoms with Crippen LogP contribution in [0.25, 0.3) is 0 Å². The van der Waals surface area contributed by atoms with Gasteiger partial charge in [-0.3, -0.25) is 0 Å². The Bertz CT molecular complexity index is 388. The molecule has 1 rings (SSSR count). The number of hydrogen-bond donors (Lipinski definition) is 1. The van der Waals surface area contributed by atoms with Gasteiger partial charge in [-0.15, -0.1) is 0 Å². The second kappa shape index (κ2) is 8.28. The molecule has 0 amide bonds. The van der Waals surface area contributed by atoms with Crippen molar-refractivity contribution in [3.05, 3.63) is 29.8 Å². The Morgan fingerprint density at radius 2 is 1.70 bits per heavy atom. The van der Waals surface area contributed by atoms with Gasteiger partial charge < -0.3 is 14.8 Å². The van der Waals surface area contributed by atoms with Crippen molar-refractivity contribution < 1.29 is 9.47 Å². The van der Waals surface area contributed by atoms with E-state index in [1.165, 1.54) is 5.56 Å². The Balaban J connectivity index is 3.22. The molecule has 0 heterocycles. The number of hydrogen-bond acceptors (Lipinski definition) is 3. The zero-order chi connectivity index (χ0) is 15.0. The minimum absolute atomic E-state index is 0.125. The van der Waals surface area contributed by atoms with Crippen LogP contribution in [0, 0.1) is 0 Å². The predicted molar refractivity (Wildman–Crippen MR) is 84.4 cm³/mol. The molecule has 1 atom stereocenters. The third kappa shape index (κ3) is 3.53. The van der Waals surface area contributed by atoms with Gasteiger partial charge in [-0.2, -0.15) is 0 Å². The summed E-state index contributed by atoms with van der Waals surface area (Å²) in [6.07, 6.45) is 1.92. The number of para-hydroxylation sites is 1. The van der Waals surface area contributed by atoms with Crippen molar-refractivity contribution in [3.8, 4) is 5.75 Å². The van der Waals surface area contributed by atoms with E-state index in [1.54, 1.807) is 0 Å². The quantitative estimate of drug-likeness (QED) is 0.742. The molecule has 0 aliphatic carbocycles. The van der Waals surface area contributed by atoms with Crippen molar-refractivity contribution in [1.82, 2.24) is 5.32 Å². The van der Waals surface area contributed by atoms with Gasteiger partial charge in [0.25, 0.3) is 0 Å². The van der Waals surface area contributed by atoms with Crippen LogP contribution in [0.15, 0.2) is 24.3 Å². The van der Waals surface area contributed by atoms with E-state index in [-0.39, 0.29) is 11.6 Å². The molecule has 1 aromatic carbocycles. The molecule has 0 aliphatic rings. The predicted octanol–water partition coefficient (Wildman–Crippen LogP) is 3.94. The van der Waals surface area contributed by atoms with E-state index >= 15 is 0 Å². The topological polar surface area (TPSA) is 30.5 Å². The van der Waals surface area contributed by atoms with Crippen molar-refractivity contribution in [3.63, 3.8) is 0 Å². The second-order valence-corrected chi connectivity index (χ2v) is 4.90. The highest BCUT2D eigenvalue weighted by Crippen LogP contribution is 2.38. The summed E-state index contributed by atoms with van der Waals surface area (Å²) in [5.41, 5.74) is 0.977. The maximum atomic E-state index is 6.15. The lowest BCUT2D eigenvalue weighted by Crippen LogP contribution is -2.44. The number of rotatable bonds is 9. The normalized spacial score (nSPS) is 13.2. The molecule has 0 bridgehead atoms. The van der Waals surface area contributed by atoms with Crippen LogP contribution in [0.5, 0.6) is 5.75 Å². The van der Waals surface area contributed by atoms with Gasteiger partial charge in [0, 0.05) is 12.2 Å². The first-order valence-corrected chi connectivity index (χ1v) is 7.71. The zero-order valence-electron chi connectivity index (χ0n) is 13.5. The van der Waals surface area contributed by atoms with Crippen molar-refractivity contribution in [2.75, 3.05) is 20.3 Å². The second-order valence-electron chi connectivity index (χ2n) is 4.90. The molecule has 0 aliphatic heterocycles. The smallest absolute Gasteiger partial charge is 0.124 e. The van der Waals surface area contributed by atoms with E-state index in [2.05, 4.69) is 38.2 Å². The van der Waals surface area contributed by atoms with E-state index in [9.17, 15) is 0 Å². The highest BCUT2D eigenvalue weighted by molar-refractivity contribution is 5.37. The molecule has 114 valence electrons. The van der Waals surface area contributed by atoms with Gasteiger partial charge in [-0.05, 0) is 39.8 Å². The van der Waals surface area contributed by atoms with Crippen LogP contribution in [-0.2, 0) is 4.74 Å². The highest BCUT2D eigenvalue weighted by Gasteiger charge is 2.38. The molecule has 3 heteroatoms. The first-order valence-electron chi connectivity index (χ1n) is 7.71. The molecular formula is C17H29NO2. The van der Waals surface area contributed by atoms with Crippen LogP contribution in [-0.4, -0.2) is 25.9 Å². The van der Waals surface area contributed by atoms with Gasteiger partial charge in [0.05, 0.1) is 18.2 Å². The Hall–Kier alpha value is -1.06. The van der Waals surface area contributed by atoms with E-state index in [4.69, 9.17) is 9.47 Å². The van der Waals surface area contributed by atoms with E-state index < -0.39 is 0 Å². The molecule has 0 aromatic heterocycles. The Morgan fingerprint density at radius 1 is 1.05 bits per heavy atom. The summed E-state index contributed by atoms with van der Waals surface area (Å²) in [6, 6.07) is 8.36. The fourth-order valence-corrected chi connectivity index (χ4v) is 2.94. The van der Waals surface area contributed by atoms with Crippen LogP contribution in [0.2, 0.25) is 0 Å². The van der Waals surface area contributed by atoms with Gasteiger partial charge in [-0.25, -0.2) is 0 Å². The van der Waals surface area contributed by atoms with Crippen molar-refractivity contribution >= 4 is 0 Å². The monoisotopic (exact) mass is 279 g/mol. The molecule has 0 radical (unpaired) electrons. The van der Waals surface area contributed by atoms with Crippen LogP contribution < -0.4 is 10.1 Å². The van der Waals surface area contributed by atoms with E-state index in [1.807, 2.05) is 26.1 Å². The minimum atomic E-state index is -0.198. The third-order valence-corrected chi connectivity index (χ3v) is 3.97. The molecule has 3 nitrogen and oxygen atoms in total. The maximum absolute atomic E-state index is 6.15. The highest BCUT2D eigenvalue weighted by atomic mass is 16.5. The fraction of sp³-hybridized carbons (Fsp3) is 0.647. The van der Waals surface area contributed by atoms with Crippen molar-refractivity contribution in [1.29, 1.82) is 0 Å². The summed E-state index contributed by atoms with van der Waals surface area (Å²) in [5, 5.41) is 3.44. The SMILES string of the molecule is CCOc1ccccc1C(NC)C(CC)(CC)OCC. The molecule has 0 saturated heterocycles. The number of nitrogens with one attached hydrogen (secondary N) is 1. The molecule has 20 heavy (non-hydrogen) atoms. The first-order chi connectivity index (χ1) is 9.68. The van der Waals surface area contributed by atoms with E-state index in [0.29, 0.717) is 6.61 Å². The molecule has 0 fully saturated rings. The summed E-state index contributed by atoms with van der Waals surface area (Å²) in [4.78, 5) is 0. The van der Waals surface area contributed by atoms with Crippen LogP contribution >= 0.6 is 0 Å². The third-order valence-electron chi connectivity index (χ3n) is 3.97. The molecule has 0 saturated carbocycles. The lowest BCUT2D eigenvalue weighted by atomic mass is 9.83. The number of likely N-dealkylation sites (N-methyl/N-ethyl adjacent to an activating group) is 1. The molecule has 0 spiro atoms. The molecular weight excluding hydrogens is 250 g/mol. The van der Waals surface area contributed by atoms with Crippen LogP contribution in [0.3, 0.4) is 0 Å². The summed E-state index contributed by atoms with van der Waals surface area (Å²) in [6.45, 7) is 9.84. The Labute approximate surface area is 123 Å². The van der Waals surface area contributed by atoms with Crippen LogP contribution in [0.4, 0.5) is 0 Å². The van der Waals surface area contributed by atoms with Gasteiger partial charge in [0.2, 0.25) is 0 Å². The maximum Gasteiger partial charge on any atom is 0.124 e. The summed E-state index contributed by atoms with van der Waals surface area (Å²) < 4.78 is 11.9. The molecule has 1 unspecified atom stereocenters. The van der Waals surface area contributed by atoms with Gasteiger partial charge >= 0.3 is 0 Å². The van der Waals surface area contributed by atoms with Crippen molar-refractivity contribution in [2.24, 2.45) is 0 Å². The lowest BCUT2D eigenvalue weighted by molar-refractivity contribution is -0.0722. The Kier molecular flexibility index (Phi) is 7.03. The Morgan fingerprint density at radius 3 is 2.20 bits per heavy atom. The van der Waals surface area contributed by atoms with Crippen molar-refractivity contribution in [2.45, 2.75) is 52.2 Å². The number of ether oxygens (including phenoxy) is 2. The van der Waals surface area contributed by atoms with Crippen LogP contribution in [0.1, 0.15) is 52.1 Å². The fourth-order valence-electron chi connectivity index (χ4n) is 2.94. The summed E-state index contributed by atoms with van der Waals surface area (Å²) >= 11 is 0. The summed E-state index contributed by atoms with van der Waals surface area (Å²) in [7, 11) is 1.99. The largest absolute Gasteiger partial charge is 0.494 e. The zero-order valence-corrected chi connectivity index (χ0v) is 13.5. The van der Waals surface area contributed by atoms with Gasteiger partial charge in [0.1, 0.15) is 5.75 Å². The number of benzene rings is 1. The summed E-state index contributed by atoms with van der Waals surface area (Å²) in [5.74, 6) is 0.945.